The summed E-state index contributed by atoms with van der Waals surface area (Å²) in [7, 11) is 1.29. The highest BCUT2D eigenvalue weighted by atomic mass is 32.1. The van der Waals surface area contributed by atoms with Crippen molar-refractivity contribution in [3.63, 3.8) is 0 Å². The molecule has 1 amide bonds. The van der Waals surface area contributed by atoms with Crippen molar-refractivity contribution < 1.29 is 18.7 Å². The Bertz CT molecular complexity index is 1270. The van der Waals surface area contributed by atoms with E-state index in [-0.39, 0.29) is 24.8 Å². The van der Waals surface area contributed by atoms with Crippen LogP contribution in [-0.4, -0.2) is 46.9 Å². The fourth-order valence-corrected chi connectivity index (χ4v) is 4.51. The lowest BCUT2D eigenvalue weighted by Gasteiger charge is -2.21. The second-order valence-corrected chi connectivity index (χ2v) is 8.54. The molecule has 0 fully saturated rings. The maximum Gasteiger partial charge on any atom is 0.325 e. The van der Waals surface area contributed by atoms with E-state index in [1.807, 2.05) is 37.3 Å². The molecule has 2 heterocycles. The van der Waals surface area contributed by atoms with E-state index in [0.29, 0.717) is 12.1 Å². The highest BCUT2D eigenvalue weighted by Gasteiger charge is 2.25. The standard InChI is InChI=1S/C24H22FN3O3S/c1-15-27-22(23(32-15)16-6-4-3-5-7-16)24(30)28(14-21(29)31-2)11-10-17-13-26-20-9-8-18(25)12-19(17)20/h3-9,12-13,26H,10-11,14H2,1-2H3. The van der Waals surface area contributed by atoms with Crippen molar-refractivity contribution in [1.29, 1.82) is 0 Å². The molecule has 0 aliphatic heterocycles. The van der Waals surface area contributed by atoms with Crippen LogP contribution >= 0.6 is 11.3 Å². The Hall–Kier alpha value is -3.52. The number of nitrogens with zero attached hydrogens (tertiary/aromatic N) is 2. The number of halogens is 1. The van der Waals surface area contributed by atoms with Crippen LogP contribution in [-0.2, 0) is 16.0 Å². The molecule has 32 heavy (non-hydrogen) atoms. The summed E-state index contributed by atoms with van der Waals surface area (Å²) in [4.78, 5) is 35.3. The number of nitrogens with one attached hydrogen (secondary N) is 1. The van der Waals surface area contributed by atoms with E-state index in [2.05, 4.69) is 9.97 Å². The predicted octanol–water partition coefficient (Wildman–Crippen LogP) is 4.60. The van der Waals surface area contributed by atoms with Gasteiger partial charge in [0.2, 0.25) is 0 Å². The number of aromatic amines is 1. The lowest BCUT2D eigenvalue weighted by molar-refractivity contribution is -0.141. The molecule has 2 aromatic carbocycles. The van der Waals surface area contributed by atoms with Crippen LogP contribution < -0.4 is 0 Å². The predicted molar refractivity (Wildman–Crippen MR) is 122 cm³/mol. The van der Waals surface area contributed by atoms with Gasteiger partial charge in [0.1, 0.15) is 18.1 Å². The Morgan fingerprint density at radius 1 is 1.19 bits per heavy atom. The third-order valence-electron chi connectivity index (χ3n) is 5.19. The molecule has 4 aromatic rings. The van der Waals surface area contributed by atoms with Gasteiger partial charge in [-0.05, 0) is 42.7 Å². The first kappa shape index (κ1) is 21.7. The summed E-state index contributed by atoms with van der Waals surface area (Å²) in [5.74, 6) is -1.19. The summed E-state index contributed by atoms with van der Waals surface area (Å²) in [5.41, 5.74) is 2.88. The van der Waals surface area contributed by atoms with Crippen molar-refractivity contribution in [2.24, 2.45) is 0 Å². The minimum absolute atomic E-state index is 0.198. The molecule has 2 aromatic heterocycles. The minimum atomic E-state index is -0.517. The van der Waals surface area contributed by atoms with E-state index in [9.17, 15) is 14.0 Å². The first-order chi connectivity index (χ1) is 15.5. The zero-order chi connectivity index (χ0) is 22.7. The smallest absolute Gasteiger partial charge is 0.325 e. The molecule has 0 radical (unpaired) electrons. The normalized spacial score (nSPS) is 11.0. The van der Waals surface area contributed by atoms with Gasteiger partial charge in [-0.15, -0.1) is 11.3 Å². The van der Waals surface area contributed by atoms with Crippen LogP contribution in [0.2, 0.25) is 0 Å². The van der Waals surface area contributed by atoms with Gasteiger partial charge in [-0.25, -0.2) is 9.37 Å². The van der Waals surface area contributed by atoms with Crippen LogP contribution in [0.5, 0.6) is 0 Å². The third-order valence-corrected chi connectivity index (χ3v) is 6.21. The van der Waals surface area contributed by atoms with Gasteiger partial charge >= 0.3 is 5.97 Å². The molecular weight excluding hydrogens is 429 g/mol. The number of carbonyl (C=O) groups excluding carboxylic acids is 2. The number of hydrogen-bond donors (Lipinski definition) is 1. The average Bonchev–Trinajstić information content (AvgIpc) is 3.39. The number of esters is 1. The van der Waals surface area contributed by atoms with Gasteiger partial charge in [0.25, 0.3) is 5.91 Å². The lowest BCUT2D eigenvalue weighted by Crippen LogP contribution is -2.38. The van der Waals surface area contributed by atoms with Crippen molar-refractivity contribution in [2.45, 2.75) is 13.3 Å². The molecule has 0 saturated heterocycles. The summed E-state index contributed by atoms with van der Waals surface area (Å²) in [6.07, 6.45) is 2.24. The molecule has 0 unspecified atom stereocenters. The fraction of sp³-hybridized carbons (Fsp3) is 0.208. The van der Waals surface area contributed by atoms with E-state index in [1.54, 1.807) is 12.3 Å². The summed E-state index contributed by atoms with van der Waals surface area (Å²) in [5, 5.41) is 1.52. The van der Waals surface area contributed by atoms with E-state index in [4.69, 9.17) is 4.74 Å². The molecule has 0 aliphatic rings. The largest absolute Gasteiger partial charge is 0.468 e. The topological polar surface area (TPSA) is 75.3 Å². The first-order valence-corrected chi connectivity index (χ1v) is 10.9. The number of methoxy groups -OCH3 is 1. The van der Waals surface area contributed by atoms with E-state index >= 15 is 0 Å². The van der Waals surface area contributed by atoms with Gasteiger partial charge in [0.05, 0.1) is 17.0 Å². The summed E-state index contributed by atoms with van der Waals surface area (Å²) in [6.45, 7) is 1.90. The average molecular weight is 452 g/mol. The number of thiazole rings is 1. The van der Waals surface area contributed by atoms with Gasteiger partial charge in [0.15, 0.2) is 0 Å². The number of benzene rings is 2. The zero-order valence-corrected chi connectivity index (χ0v) is 18.5. The van der Waals surface area contributed by atoms with Crippen LogP contribution in [0.4, 0.5) is 4.39 Å². The second-order valence-electron chi connectivity index (χ2n) is 7.33. The number of aromatic nitrogens is 2. The van der Waals surface area contributed by atoms with Crippen molar-refractivity contribution in [2.75, 3.05) is 20.2 Å². The van der Waals surface area contributed by atoms with E-state index in [1.165, 1.54) is 35.5 Å². The Morgan fingerprint density at radius 2 is 1.97 bits per heavy atom. The monoisotopic (exact) mass is 451 g/mol. The van der Waals surface area contributed by atoms with Gasteiger partial charge in [-0.1, -0.05) is 30.3 Å². The fourth-order valence-electron chi connectivity index (χ4n) is 3.59. The highest BCUT2D eigenvalue weighted by molar-refractivity contribution is 7.15. The van der Waals surface area contributed by atoms with E-state index in [0.717, 1.165) is 31.9 Å². The number of ether oxygens (including phenoxy) is 1. The molecule has 0 aliphatic carbocycles. The van der Waals surface area contributed by atoms with Crippen molar-refractivity contribution in [3.05, 3.63) is 76.8 Å². The maximum atomic E-state index is 13.7. The molecule has 4 rings (SSSR count). The molecule has 0 saturated carbocycles. The molecule has 0 atom stereocenters. The Balaban J connectivity index is 1.63. The summed E-state index contributed by atoms with van der Waals surface area (Å²) >= 11 is 1.44. The number of fused-ring (bicyclic) bond motifs is 1. The minimum Gasteiger partial charge on any atom is -0.468 e. The summed E-state index contributed by atoms with van der Waals surface area (Å²) < 4.78 is 18.5. The number of carbonyl (C=O) groups is 2. The number of amides is 1. The van der Waals surface area contributed by atoms with Crippen molar-refractivity contribution in [1.82, 2.24) is 14.9 Å². The maximum absolute atomic E-state index is 13.7. The molecule has 164 valence electrons. The Morgan fingerprint density at radius 3 is 2.72 bits per heavy atom. The number of aryl methyl sites for hydroxylation is 1. The van der Waals surface area contributed by atoms with Crippen LogP contribution in [0.3, 0.4) is 0 Å². The molecule has 1 N–H and O–H groups in total. The molecule has 8 heteroatoms. The van der Waals surface area contributed by atoms with Crippen LogP contribution in [0, 0.1) is 12.7 Å². The number of rotatable bonds is 7. The van der Waals surface area contributed by atoms with Crippen LogP contribution in [0.15, 0.2) is 54.7 Å². The number of hydrogen-bond acceptors (Lipinski definition) is 5. The third kappa shape index (κ3) is 4.55. The SMILES string of the molecule is COC(=O)CN(CCc1c[nH]c2ccc(F)cc12)C(=O)c1nc(C)sc1-c1ccccc1. The molecule has 0 spiro atoms. The van der Waals surface area contributed by atoms with Gasteiger partial charge in [-0.3, -0.25) is 9.59 Å². The summed E-state index contributed by atoms with van der Waals surface area (Å²) in [6, 6.07) is 14.1. The Kier molecular flexibility index (Phi) is 6.32. The highest BCUT2D eigenvalue weighted by Crippen LogP contribution is 2.31. The van der Waals surface area contributed by atoms with E-state index < -0.39 is 5.97 Å². The zero-order valence-electron chi connectivity index (χ0n) is 17.7. The molecule has 6 nitrogen and oxygen atoms in total. The van der Waals surface area contributed by atoms with Crippen LogP contribution in [0.25, 0.3) is 21.3 Å². The molecule has 0 bridgehead atoms. The van der Waals surface area contributed by atoms with Gasteiger partial charge < -0.3 is 14.6 Å². The number of H-pyrrole nitrogens is 1. The molecular formula is C24H22FN3O3S. The second kappa shape index (κ2) is 9.32. The van der Waals surface area contributed by atoms with Gasteiger partial charge in [-0.2, -0.15) is 0 Å². The quantitative estimate of drug-likeness (QED) is 0.417. The lowest BCUT2D eigenvalue weighted by atomic mass is 10.1. The Labute approximate surface area is 188 Å². The van der Waals surface area contributed by atoms with Crippen LogP contribution in [0.1, 0.15) is 21.1 Å². The van der Waals surface area contributed by atoms with Crippen molar-refractivity contribution >= 4 is 34.1 Å². The van der Waals surface area contributed by atoms with Gasteiger partial charge in [0, 0.05) is 23.6 Å². The van der Waals surface area contributed by atoms with Crippen molar-refractivity contribution in [3.8, 4) is 10.4 Å². The first-order valence-electron chi connectivity index (χ1n) is 10.1.